The van der Waals surface area contributed by atoms with Crippen LogP contribution in [0.1, 0.15) is 25.7 Å². The van der Waals surface area contributed by atoms with Gasteiger partial charge in [-0.25, -0.2) is 0 Å². The average Bonchev–Trinajstić information content (AvgIpc) is 2.46. The van der Waals surface area contributed by atoms with Crippen molar-refractivity contribution < 1.29 is 9.90 Å². The Morgan fingerprint density at radius 2 is 1.79 bits per heavy atom. The molecule has 0 aromatic rings. The highest BCUT2D eigenvalue weighted by atomic mass is 32.2. The van der Waals surface area contributed by atoms with Crippen molar-refractivity contribution in [1.82, 2.24) is 9.80 Å². The zero-order valence-electron chi connectivity index (χ0n) is 11.9. The minimum atomic E-state index is -0.174. The van der Waals surface area contributed by atoms with Gasteiger partial charge in [0.25, 0.3) is 0 Å². The van der Waals surface area contributed by atoms with E-state index in [1.165, 1.54) is 5.75 Å². The van der Waals surface area contributed by atoms with Crippen LogP contribution in [0.4, 0.5) is 0 Å². The molecule has 0 atom stereocenters. The number of piperazine rings is 1. The van der Waals surface area contributed by atoms with Crippen LogP contribution in [-0.2, 0) is 4.79 Å². The van der Waals surface area contributed by atoms with Gasteiger partial charge in [0, 0.05) is 44.4 Å². The van der Waals surface area contributed by atoms with Crippen molar-refractivity contribution in [3.63, 3.8) is 0 Å². The molecule has 1 aliphatic carbocycles. The molecule has 2 aliphatic rings. The molecular formula is C14H26N2O2S. The van der Waals surface area contributed by atoms with E-state index in [2.05, 4.69) is 11.2 Å². The van der Waals surface area contributed by atoms with Gasteiger partial charge in [-0.1, -0.05) is 0 Å². The van der Waals surface area contributed by atoms with E-state index in [9.17, 15) is 9.90 Å². The van der Waals surface area contributed by atoms with Crippen LogP contribution in [0.5, 0.6) is 0 Å². The number of aliphatic hydroxyl groups is 1. The molecule has 1 aliphatic heterocycles. The first kappa shape index (κ1) is 15.1. The molecule has 4 nitrogen and oxygen atoms in total. The van der Waals surface area contributed by atoms with E-state index in [1.54, 1.807) is 0 Å². The van der Waals surface area contributed by atoms with E-state index >= 15 is 0 Å². The summed E-state index contributed by atoms with van der Waals surface area (Å²) in [7, 11) is 0. The molecule has 5 heteroatoms. The summed E-state index contributed by atoms with van der Waals surface area (Å²) < 4.78 is 0. The Bertz CT molecular complexity index is 285. The number of thioether (sulfide) groups is 1. The van der Waals surface area contributed by atoms with Crippen LogP contribution < -0.4 is 0 Å². The number of nitrogens with zero attached hydrogens (tertiary/aromatic N) is 2. The van der Waals surface area contributed by atoms with Crippen LogP contribution in [0.3, 0.4) is 0 Å². The quantitative estimate of drug-likeness (QED) is 0.839. The second kappa shape index (κ2) is 7.50. The Labute approximate surface area is 120 Å². The lowest BCUT2D eigenvalue weighted by Crippen LogP contribution is -2.51. The number of amides is 1. The fourth-order valence-corrected chi connectivity index (χ4v) is 3.43. The molecule has 2 rings (SSSR count). The minimum Gasteiger partial charge on any atom is -0.393 e. The highest BCUT2D eigenvalue weighted by molar-refractivity contribution is 7.98. The zero-order valence-corrected chi connectivity index (χ0v) is 12.7. The van der Waals surface area contributed by atoms with Crippen molar-refractivity contribution >= 4 is 17.7 Å². The standard InChI is InChI=1S/C14H26N2O2S/c1-19-11-10-15-6-8-16(9-7-15)14(18)12-2-4-13(17)5-3-12/h12-13,17H,2-11H2,1H3. The highest BCUT2D eigenvalue weighted by Gasteiger charge is 2.30. The van der Waals surface area contributed by atoms with Crippen molar-refractivity contribution in [2.45, 2.75) is 31.8 Å². The van der Waals surface area contributed by atoms with E-state index in [0.29, 0.717) is 5.91 Å². The summed E-state index contributed by atoms with van der Waals surface area (Å²) in [4.78, 5) is 16.9. The molecule has 0 unspecified atom stereocenters. The van der Waals surface area contributed by atoms with Gasteiger partial charge in [0.15, 0.2) is 0 Å². The lowest BCUT2D eigenvalue weighted by atomic mass is 9.86. The van der Waals surface area contributed by atoms with Gasteiger partial charge in [-0.15, -0.1) is 0 Å². The van der Waals surface area contributed by atoms with Gasteiger partial charge in [-0.05, 0) is 31.9 Å². The molecule has 1 N–H and O–H groups in total. The molecule has 1 saturated heterocycles. The Kier molecular flexibility index (Phi) is 5.98. The lowest BCUT2D eigenvalue weighted by molar-refractivity contribution is -0.139. The second-order valence-electron chi connectivity index (χ2n) is 5.67. The molecule has 0 spiro atoms. The molecule has 0 radical (unpaired) electrons. The zero-order chi connectivity index (χ0) is 13.7. The first-order chi connectivity index (χ1) is 9.20. The summed E-state index contributed by atoms with van der Waals surface area (Å²) in [5, 5.41) is 9.50. The van der Waals surface area contributed by atoms with Crippen molar-refractivity contribution in [3.8, 4) is 0 Å². The van der Waals surface area contributed by atoms with Gasteiger partial charge in [0.2, 0.25) is 5.91 Å². The molecule has 19 heavy (non-hydrogen) atoms. The highest BCUT2D eigenvalue weighted by Crippen LogP contribution is 2.26. The van der Waals surface area contributed by atoms with Gasteiger partial charge in [0.1, 0.15) is 0 Å². The van der Waals surface area contributed by atoms with Crippen molar-refractivity contribution in [2.75, 3.05) is 44.7 Å². The predicted octanol–water partition coefficient (Wildman–Crippen LogP) is 1.04. The van der Waals surface area contributed by atoms with E-state index < -0.39 is 0 Å². The Balaban J connectivity index is 1.73. The molecule has 0 bridgehead atoms. The van der Waals surface area contributed by atoms with Gasteiger partial charge in [-0.2, -0.15) is 11.8 Å². The van der Waals surface area contributed by atoms with Crippen LogP contribution in [0, 0.1) is 5.92 Å². The van der Waals surface area contributed by atoms with Gasteiger partial charge < -0.3 is 10.0 Å². The Morgan fingerprint density at radius 1 is 1.16 bits per heavy atom. The van der Waals surface area contributed by atoms with Gasteiger partial charge >= 0.3 is 0 Å². The van der Waals surface area contributed by atoms with E-state index in [1.807, 2.05) is 16.7 Å². The molecule has 110 valence electrons. The number of carbonyl (C=O) groups is 1. The lowest BCUT2D eigenvalue weighted by Gasteiger charge is -2.37. The maximum atomic E-state index is 12.4. The first-order valence-corrected chi connectivity index (χ1v) is 8.78. The second-order valence-corrected chi connectivity index (χ2v) is 6.65. The summed E-state index contributed by atoms with van der Waals surface area (Å²) in [5.74, 6) is 1.67. The monoisotopic (exact) mass is 286 g/mol. The Hall–Kier alpha value is -0.260. The average molecular weight is 286 g/mol. The van der Waals surface area contributed by atoms with Crippen LogP contribution in [0.2, 0.25) is 0 Å². The molecule has 0 aromatic heterocycles. The molecular weight excluding hydrogens is 260 g/mol. The van der Waals surface area contributed by atoms with Crippen molar-refractivity contribution in [1.29, 1.82) is 0 Å². The normalized spacial score (nSPS) is 29.5. The van der Waals surface area contributed by atoms with Crippen LogP contribution in [-0.4, -0.2) is 71.6 Å². The Morgan fingerprint density at radius 3 is 2.37 bits per heavy atom. The number of carbonyl (C=O) groups excluding carboxylic acids is 1. The summed E-state index contributed by atoms with van der Waals surface area (Å²) in [5.41, 5.74) is 0. The predicted molar refractivity (Wildman–Crippen MR) is 79.4 cm³/mol. The topological polar surface area (TPSA) is 43.8 Å². The SMILES string of the molecule is CSCCN1CCN(C(=O)C2CCC(O)CC2)CC1. The number of aliphatic hydroxyl groups excluding tert-OH is 1. The summed E-state index contributed by atoms with van der Waals surface area (Å²) in [6.45, 7) is 4.93. The molecule has 1 amide bonds. The third-order valence-corrected chi connectivity index (χ3v) is 4.93. The number of hydrogen-bond acceptors (Lipinski definition) is 4. The van der Waals surface area contributed by atoms with Crippen LogP contribution >= 0.6 is 11.8 Å². The van der Waals surface area contributed by atoms with Crippen molar-refractivity contribution in [2.24, 2.45) is 5.92 Å². The number of hydrogen-bond donors (Lipinski definition) is 1. The maximum absolute atomic E-state index is 12.4. The maximum Gasteiger partial charge on any atom is 0.225 e. The first-order valence-electron chi connectivity index (χ1n) is 7.39. The van der Waals surface area contributed by atoms with Gasteiger partial charge in [0.05, 0.1) is 6.10 Å². The fraction of sp³-hybridized carbons (Fsp3) is 0.929. The molecule has 1 saturated carbocycles. The number of rotatable bonds is 4. The molecule has 1 heterocycles. The van der Waals surface area contributed by atoms with Crippen LogP contribution in [0.15, 0.2) is 0 Å². The van der Waals surface area contributed by atoms with Crippen molar-refractivity contribution in [3.05, 3.63) is 0 Å². The fourth-order valence-electron chi connectivity index (χ4n) is 2.99. The molecule has 0 aromatic carbocycles. The molecule has 2 fully saturated rings. The van der Waals surface area contributed by atoms with E-state index in [0.717, 1.165) is 58.4 Å². The summed E-state index contributed by atoms with van der Waals surface area (Å²) >= 11 is 1.88. The largest absolute Gasteiger partial charge is 0.393 e. The van der Waals surface area contributed by atoms with Gasteiger partial charge in [-0.3, -0.25) is 9.69 Å². The minimum absolute atomic E-state index is 0.168. The summed E-state index contributed by atoms with van der Waals surface area (Å²) in [6, 6.07) is 0. The summed E-state index contributed by atoms with van der Waals surface area (Å²) in [6.07, 6.45) is 5.29. The smallest absolute Gasteiger partial charge is 0.225 e. The third-order valence-electron chi connectivity index (χ3n) is 4.34. The van der Waals surface area contributed by atoms with Crippen LogP contribution in [0.25, 0.3) is 0 Å². The van der Waals surface area contributed by atoms with E-state index in [-0.39, 0.29) is 12.0 Å². The van der Waals surface area contributed by atoms with E-state index in [4.69, 9.17) is 0 Å². The third kappa shape index (κ3) is 4.36.